The van der Waals surface area contributed by atoms with Gasteiger partial charge in [0.2, 0.25) is 0 Å². The van der Waals surface area contributed by atoms with Crippen LogP contribution in [0.1, 0.15) is 17.2 Å². The van der Waals surface area contributed by atoms with Crippen molar-refractivity contribution in [1.82, 2.24) is 4.90 Å². The van der Waals surface area contributed by atoms with Crippen LogP contribution in [0.3, 0.4) is 0 Å². The van der Waals surface area contributed by atoms with E-state index in [0.29, 0.717) is 0 Å². The molecule has 0 amide bonds. The summed E-state index contributed by atoms with van der Waals surface area (Å²) in [5.41, 5.74) is 2.48. The van der Waals surface area contributed by atoms with Crippen LogP contribution in [0.4, 0.5) is 0 Å². The molecule has 1 heterocycles. The quantitative estimate of drug-likeness (QED) is 0.859. The van der Waals surface area contributed by atoms with Gasteiger partial charge in [0.25, 0.3) is 0 Å². The molecule has 0 aromatic heterocycles. The van der Waals surface area contributed by atoms with Gasteiger partial charge in [-0.1, -0.05) is 48.5 Å². The number of para-hydroxylation sites is 1. The fourth-order valence-corrected chi connectivity index (χ4v) is 2.81. The van der Waals surface area contributed by atoms with Crippen LogP contribution in [0.15, 0.2) is 54.6 Å². The highest BCUT2D eigenvalue weighted by molar-refractivity contribution is 5.35. The SMILES string of the molecule is COc1ccccc1C1CN(Cc2ccccc2)CCO1. The van der Waals surface area contributed by atoms with E-state index in [1.165, 1.54) is 5.56 Å². The van der Waals surface area contributed by atoms with Crippen molar-refractivity contribution < 1.29 is 9.47 Å². The third-order valence-corrected chi connectivity index (χ3v) is 3.89. The predicted molar refractivity (Wildman–Crippen MR) is 83.4 cm³/mol. The normalized spacial score (nSPS) is 19.4. The van der Waals surface area contributed by atoms with E-state index < -0.39 is 0 Å². The lowest BCUT2D eigenvalue weighted by molar-refractivity contribution is -0.0338. The molecule has 0 bridgehead atoms. The van der Waals surface area contributed by atoms with Crippen LogP contribution in [-0.4, -0.2) is 31.7 Å². The Balaban J connectivity index is 1.71. The van der Waals surface area contributed by atoms with E-state index in [1.807, 2.05) is 18.2 Å². The lowest BCUT2D eigenvalue weighted by Crippen LogP contribution is -2.37. The van der Waals surface area contributed by atoms with E-state index in [2.05, 4.69) is 41.3 Å². The van der Waals surface area contributed by atoms with Gasteiger partial charge in [0.05, 0.1) is 19.8 Å². The predicted octanol–water partition coefficient (Wildman–Crippen LogP) is 3.27. The largest absolute Gasteiger partial charge is 0.496 e. The average molecular weight is 283 g/mol. The smallest absolute Gasteiger partial charge is 0.124 e. The molecule has 1 aliphatic rings. The van der Waals surface area contributed by atoms with E-state index in [-0.39, 0.29) is 6.10 Å². The first kappa shape index (κ1) is 14.1. The van der Waals surface area contributed by atoms with Crippen molar-refractivity contribution in [3.63, 3.8) is 0 Å². The fourth-order valence-electron chi connectivity index (χ4n) is 2.81. The van der Waals surface area contributed by atoms with Gasteiger partial charge in [-0.05, 0) is 11.6 Å². The van der Waals surface area contributed by atoms with Crippen molar-refractivity contribution in [2.24, 2.45) is 0 Å². The third kappa shape index (κ3) is 3.43. The van der Waals surface area contributed by atoms with E-state index >= 15 is 0 Å². The minimum Gasteiger partial charge on any atom is -0.496 e. The number of nitrogens with zero attached hydrogens (tertiary/aromatic N) is 1. The zero-order chi connectivity index (χ0) is 14.5. The van der Waals surface area contributed by atoms with Crippen molar-refractivity contribution in [1.29, 1.82) is 0 Å². The van der Waals surface area contributed by atoms with Crippen LogP contribution in [0, 0.1) is 0 Å². The van der Waals surface area contributed by atoms with E-state index in [1.54, 1.807) is 7.11 Å². The lowest BCUT2D eigenvalue weighted by atomic mass is 10.1. The average Bonchev–Trinajstić information content (AvgIpc) is 2.56. The van der Waals surface area contributed by atoms with Crippen LogP contribution in [-0.2, 0) is 11.3 Å². The first-order valence-corrected chi connectivity index (χ1v) is 7.37. The number of rotatable bonds is 4. The minimum absolute atomic E-state index is 0.0820. The van der Waals surface area contributed by atoms with Crippen LogP contribution >= 0.6 is 0 Å². The standard InChI is InChI=1S/C18H21NO2/c1-20-17-10-6-5-9-16(17)18-14-19(11-12-21-18)13-15-7-3-2-4-8-15/h2-10,18H,11-14H2,1H3. The Morgan fingerprint density at radius 2 is 1.86 bits per heavy atom. The summed E-state index contributed by atoms with van der Waals surface area (Å²) >= 11 is 0. The zero-order valence-electron chi connectivity index (χ0n) is 12.4. The molecule has 3 rings (SSSR count). The Morgan fingerprint density at radius 3 is 2.67 bits per heavy atom. The molecule has 2 aromatic carbocycles. The molecule has 1 unspecified atom stereocenters. The van der Waals surface area contributed by atoms with Crippen molar-refractivity contribution in [2.75, 3.05) is 26.8 Å². The summed E-state index contributed by atoms with van der Waals surface area (Å²) in [5, 5.41) is 0. The van der Waals surface area contributed by atoms with Crippen molar-refractivity contribution in [2.45, 2.75) is 12.6 Å². The van der Waals surface area contributed by atoms with Gasteiger partial charge in [-0.2, -0.15) is 0 Å². The summed E-state index contributed by atoms with van der Waals surface area (Å²) in [4.78, 5) is 2.44. The maximum absolute atomic E-state index is 5.95. The van der Waals surface area contributed by atoms with Gasteiger partial charge in [0.15, 0.2) is 0 Å². The summed E-state index contributed by atoms with van der Waals surface area (Å²) in [6.45, 7) is 3.60. The highest BCUT2D eigenvalue weighted by Gasteiger charge is 2.24. The maximum Gasteiger partial charge on any atom is 0.124 e. The number of hydrogen-bond acceptors (Lipinski definition) is 3. The Morgan fingerprint density at radius 1 is 1.10 bits per heavy atom. The molecule has 0 N–H and O–H groups in total. The summed E-state index contributed by atoms with van der Waals surface area (Å²) in [5.74, 6) is 0.907. The molecule has 0 aliphatic carbocycles. The van der Waals surface area contributed by atoms with Gasteiger partial charge in [-0.15, -0.1) is 0 Å². The second kappa shape index (κ2) is 6.74. The number of methoxy groups -OCH3 is 1. The van der Waals surface area contributed by atoms with Crippen molar-refractivity contribution in [3.05, 3.63) is 65.7 Å². The Kier molecular flexibility index (Phi) is 4.53. The lowest BCUT2D eigenvalue weighted by Gasteiger charge is -2.33. The Bertz CT molecular complexity index is 570. The molecule has 1 saturated heterocycles. The number of benzene rings is 2. The summed E-state index contributed by atoms with van der Waals surface area (Å²) in [6.07, 6.45) is 0.0820. The first-order chi connectivity index (χ1) is 10.4. The van der Waals surface area contributed by atoms with Gasteiger partial charge in [-0.25, -0.2) is 0 Å². The molecule has 110 valence electrons. The summed E-state index contributed by atoms with van der Waals surface area (Å²) in [7, 11) is 1.71. The highest BCUT2D eigenvalue weighted by Crippen LogP contribution is 2.30. The second-order valence-electron chi connectivity index (χ2n) is 5.32. The molecule has 0 saturated carbocycles. The van der Waals surface area contributed by atoms with Gasteiger partial charge in [-0.3, -0.25) is 4.90 Å². The highest BCUT2D eigenvalue weighted by atomic mass is 16.5. The van der Waals surface area contributed by atoms with E-state index in [0.717, 1.165) is 37.6 Å². The molecular weight excluding hydrogens is 262 g/mol. The minimum atomic E-state index is 0.0820. The monoisotopic (exact) mass is 283 g/mol. The van der Waals surface area contributed by atoms with Crippen LogP contribution < -0.4 is 4.74 Å². The topological polar surface area (TPSA) is 21.7 Å². The van der Waals surface area contributed by atoms with Gasteiger partial charge >= 0.3 is 0 Å². The Hall–Kier alpha value is -1.84. The molecule has 21 heavy (non-hydrogen) atoms. The number of morpholine rings is 1. The third-order valence-electron chi connectivity index (χ3n) is 3.89. The number of ether oxygens (including phenoxy) is 2. The summed E-state index contributed by atoms with van der Waals surface area (Å²) in [6, 6.07) is 18.7. The molecule has 1 aliphatic heterocycles. The molecule has 3 heteroatoms. The van der Waals surface area contributed by atoms with Gasteiger partial charge < -0.3 is 9.47 Å². The fraction of sp³-hybridized carbons (Fsp3) is 0.333. The van der Waals surface area contributed by atoms with E-state index in [9.17, 15) is 0 Å². The Labute approximate surface area is 126 Å². The summed E-state index contributed by atoms with van der Waals surface area (Å²) < 4.78 is 11.4. The molecule has 3 nitrogen and oxygen atoms in total. The second-order valence-corrected chi connectivity index (χ2v) is 5.32. The zero-order valence-corrected chi connectivity index (χ0v) is 12.4. The van der Waals surface area contributed by atoms with Gasteiger partial charge in [0.1, 0.15) is 5.75 Å². The maximum atomic E-state index is 5.95. The van der Waals surface area contributed by atoms with Crippen molar-refractivity contribution in [3.8, 4) is 5.75 Å². The van der Waals surface area contributed by atoms with Crippen LogP contribution in [0.25, 0.3) is 0 Å². The molecular formula is C18H21NO2. The molecule has 0 radical (unpaired) electrons. The van der Waals surface area contributed by atoms with Crippen LogP contribution in [0.5, 0.6) is 5.75 Å². The molecule has 0 spiro atoms. The van der Waals surface area contributed by atoms with Crippen LogP contribution in [0.2, 0.25) is 0 Å². The molecule has 1 atom stereocenters. The molecule has 1 fully saturated rings. The first-order valence-electron chi connectivity index (χ1n) is 7.37. The van der Waals surface area contributed by atoms with Crippen molar-refractivity contribution >= 4 is 0 Å². The molecule has 2 aromatic rings. The number of hydrogen-bond donors (Lipinski definition) is 0. The van der Waals surface area contributed by atoms with E-state index in [4.69, 9.17) is 9.47 Å². The van der Waals surface area contributed by atoms with Gasteiger partial charge in [0, 0.05) is 25.2 Å².